The van der Waals surface area contributed by atoms with Crippen molar-refractivity contribution in [3.05, 3.63) is 29.0 Å². The minimum atomic E-state index is 0.634. The summed E-state index contributed by atoms with van der Waals surface area (Å²) in [6, 6.07) is 4.71. The first-order valence-electron chi connectivity index (χ1n) is 6.96. The maximum absolute atomic E-state index is 4.51. The Balaban J connectivity index is 1.67. The Kier molecular flexibility index (Phi) is 2.72. The van der Waals surface area contributed by atoms with Crippen molar-refractivity contribution in [1.29, 1.82) is 0 Å². The van der Waals surface area contributed by atoms with E-state index in [1.54, 1.807) is 0 Å². The molecule has 2 aliphatic rings. The van der Waals surface area contributed by atoms with Crippen molar-refractivity contribution in [2.45, 2.75) is 31.7 Å². The van der Waals surface area contributed by atoms with E-state index in [4.69, 9.17) is 0 Å². The van der Waals surface area contributed by atoms with Gasteiger partial charge in [0.1, 0.15) is 5.52 Å². The Bertz CT molecular complexity index is 628. The van der Waals surface area contributed by atoms with Gasteiger partial charge in [0.25, 0.3) is 0 Å². The Hall–Kier alpha value is -1.16. The van der Waals surface area contributed by atoms with Gasteiger partial charge in [-0.05, 0) is 59.2 Å². The van der Waals surface area contributed by atoms with E-state index in [0.29, 0.717) is 6.04 Å². The number of rotatable bonds is 2. The fourth-order valence-electron chi connectivity index (χ4n) is 3.74. The van der Waals surface area contributed by atoms with E-state index in [1.807, 2.05) is 18.5 Å². The van der Waals surface area contributed by atoms with Crippen LogP contribution in [0.2, 0.25) is 0 Å². The molecule has 2 bridgehead atoms. The summed E-state index contributed by atoms with van der Waals surface area (Å²) in [5, 5.41) is 3.72. The molecule has 19 heavy (non-hydrogen) atoms. The number of hydrogen-bond donors (Lipinski definition) is 1. The maximum atomic E-state index is 4.51. The highest BCUT2D eigenvalue weighted by molar-refractivity contribution is 9.10. The lowest BCUT2D eigenvalue weighted by Crippen LogP contribution is -2.26. The SMILES string of the molecule is Brc1cnc2c(NC3CC4CCC3C4)ccnc2c1. The fraction of sp³-hybridized carbons (Fsp3) is 0.467. The van der Waals surface area contributed by atoms with Crippen LogP contribution in [0.4, 0.5) is 5.69 Å². The number of anilines is 1. The van der Waals surface area contributed by atoms with Crippen molar-refractivity contribution in [3.8, 4) is 0 Å². The molecule has 0 amide bonds. The van der Waals surface area contributed by atoms with Crippen LogP contribution in [0.3, 0.4) is 0 Å². The van der Waals surface area contributed by atoms with E-state index in [1.165, 1.54) is 25.7 Å². The molecule has 0 spiro atoms. The molecule has 3 unspecified atom stereocenters. The zero-order chi connectivity index (χ0) is 12.8. The van der Waals surface area contributed by atoms with Crippen molar-refractivity contribution < 1.29 is 0 Å². The number of hydrogen-bond acceptors (Lipinski definition) is 3. The first kappa shape index (κ1) is 11.6. The summed E-state index contributed by atoms with van der Waals surface area (Å²) in [5.41, 5.74) is 3.06. The van der Waals surface area contributed by atoms with Crippen LogP contribution in [-0.4, -0.2) is 16.0 Å². The molecule has 4 heteroatoms. The molecule has 2 aromatic rings. The number of halogens is 1. The van der Waals surface area contributed by atoms with Crippen LogP contribution in [0.1, 0.15) is 25.7 Å². The van der Waals surface area contributed by atoms with Gasteiger partial charge in [-0.3, -0.25) is 9.97 Å². The van der Waals surface area contributed by atoms with Gasteiger partial charge in [0.2, 0.25) is 0 Å². The van der Waals surface area contributed by atoms with Crippen LogP contribution in [0.5, 0.6) is 0 Å². The lowest BCUT2D eigenvalue weighted by Gasteiger charge is -2.24. The third-order valence-electron chi connectivity index (χ3n) is 4.62. The summed E-state index contributed by atoms with van der Waals surface area (Å²) in [6.07, 6.45) is 9.28. The third-order valence-corrected chi connectivity index (χ3v) is 5.06. The van der Waals surface area contributed by atoms with E-state index in [0.717, 1.165) is 33.0 Å². The zero-order valence-electron chi connectivity index (χ0n) is 10.6. The first-order chi connectivity index (χ1) is 9.29. The van der Waals surface area contributed by atoms with Crippen LogP contribution < -0.4 is 5.32 Å². The topological polar surface area (TPSA) is 37.8 Å². The smallest absolute Gasteiger partial charge is 0.112 e. The summed E-state index contributed by atoms with van der Waals surface area (Å²) in [7, 11) is 0. The maximum Gasteiger partial charge on any atom is 0.112 e. The second-order valence-electron chi connectivity index (χ2n) is 5.81. The minimum absolute atomic E-state index is 0.634. The molecule has 4 rings (SSSR count). The minimum Gasteiger partial charge on any atom is -0.380 e. The molecule has 2 fully saturated rings. The average molecular weight is 318 g/mol. The Labute approximate surface area is 121 Å². The predicted molar refractivity (Wildman–Crippen MR) is 80.1 cm³/mol. The van der Waals surface area contributed by atoms with Crippen LogP contribution in [0.25, 0.3) is 11.0 Å². The largest absolute Gasteiger partial charge is 0.380 e. The molecule has 0 aromatic carbocycles. The van der Waals surface area contributed by atoms with Crippen LogP contribution >= 0.6 is 15.9 Å². The summed E-state index contributed by atoms with van der Waals surface area (Å²) >= 11 is 3.45. The third kappa shape index (κ3) is 2.02. The summed E-state index contributed by atoms with van der Waals surface area (Å²) < 4.78 is 0.976. The summed E-state index contributed by atoms with van der Waals surface area (Å²) in [6.45, 7) is 0. The molecule has 3 nitrogen and oxygen atoms in total. The molecule has 0 saturated heterocycles. The summed E-state index contributed by atoms with van der Waals surface area (Å²) in [4.78, 5) is 8.91. The van der Waals surface area contributed by atoms with Gasteiger partial charge in [-0.1, -0.05) is 6.42 Å². The van der Waals surface area contributed by atoms with E-state index < -0.39 is 0 Å². The number of fused-ring (bicyclic) bond motifs is 3. The molecule has 98 valence electrons. The monoisotopic (exact) mass is 317 g/mol. The van der Waals surface area contributed by atoms with E-state index in [-0.39, 0.29) is 0 Å². The molecule has 2 aliphatic carbocycles. The van der Waals surface area contributed by atoms with Crippen LogP contribution in [0, 0.1) is 11.8 Å². The highest BCUT2D eigenvalue weighted by atomic mass is 79.9. The molecule has 0 radical (unpaired) electrons. The first-order valence-corrected chi connectivity index (χ1v) is 7.76. The highest BCUT2D eigenvalue weighted by Gasteiger charge is 2.39. The Morgan fingerprint density at radius 1 is 1.21 bits per heavy atom. The van der Waals surface area contributed by atoms with Gasteiger partial charge in [-0.2, -0.15) is 0 Å². The number of nitrogens with zero attached hydrogens (tertiary/aromatic N) is 2. The molecule has 3 atom stereocenters. The Morgan fingerprint density at radius 2 is 2.16 bits per heavy atom. The highest BCUT2D eigenvalue weighted by Crippen LogP contribution is 2.45. The molecular formula is C15H16BrN3. The van der Waals surface area contributed by atoms with Gasteiger partial charge in [-0.15, -0.1) is 0 Å². The van der Waals surface area contributed by atoms with Gasteiger partial charge in [0.05, 0.1) is 11.2 Å². The lowest BCUT2D eigenvalue weighted by atomic mass is 9.95. The van der Waals surface area contributed by atoms with Gasteiger partial charge in [-0.25, -0.2) is 0 Å². The van der Waals surface area contributed by atoms with Crippen molar-refractivity contribution in [2.24, 2.45) is 11.8 Å². The molecule has 0 aliphatic heterocycles. The van der Waals surface area contributed by atoms with Gasteiger partial charge < -0.3 is 5.32 Å². The van der Waals surface area contributed by atoms with Crippen LogP contribution in [-0.2, 0) is 0 Å². The lowest BCUT2D eigenvalue weighted by molar-refractivity contribution is 0.440. The number of pyridine rings is 2. The fourth-order valence-corrected chi connectivity index (χ4v) is 4.06. The normalized spacial score (nSPS) is 29.0. The summed E-state index contributed by atoms with van der Waals surface area (Å²) in [5.74, 6) is 1.82. The Morgan fingerprint density at radius 3 is 2.95 bits per heavy atom. The van der Waals surface area contributed by atoms with Gasteiger partial charge in [0.15, 0.2) is 0 Å². The second-order valence-corrected chi connectivity index (χ2v) is 6.72. The molecular weight excluding hydrogens is 302 g/mol. The molecule has 2 saturated carbocycles. The van der Waals surface area contributed by atoms with Crippen molar-refractivity contribution in [1.82, 2.24) is 9.97 Å². The van der Waals surface area contributed by atoms with Gasteiger partial charge >= 0.3 is 0 Å². The number of aromatic nitrogens is 2. The second kappa shape index (κ2) is 4.44. The molecule has 2 heterocycles. The quantitative estimate of drug-likeness (QED) is 0.910. The van der Waals surface area contributed by atoms with Crippen LogP contribution in [0.15, 0.2) is 29.0 Å². The molecule has 1 N–H and O–H groups in total. The van der Waals surface area contributed by atoms with E-state index >= 15 is 0 Å². The number of nitrogens with one attached hydrogen (secondary N) is 1. The predicted octanol–water partition coefficient (Wildman–Crippen LogP) is 3.99. The molecule has 2 aromatic heterocycles. The van der Waals surface area contributed by atoms with E-state index in [2.05, 4.69) is 37.3 Å². The van der Waals surface area contributed by atoms with Gasteiger partial charge in [0, 0.05) is 22.9 Å². The standard InChI is InChI=1S/C15H16BrN3/c16-11-7-14-15(18-8-11)12(3-4-17-14)19-13-6-9-1-2-10(13)5-9/h3-4,7-10,13H,1-2,5-6H2,(H,17,19). The van der Waals surface area contributed by atoms with Crippen molar-refractivity contribution in [2.75, 3.05) is 5.32 Å². The van der Waals surface area contributed by atoms with Crippen molar-refractivity contribution in [3.63, 3.8) is 0 Å². The average Bonchev–Trinajstić information content (AvgIpc) is 3.01. The van der Waals surface area contributed by atoms with E-state index in [9.17, 15) is 0 Å². The zero-order valence-corrected chi connectivity index (χ0v) is 12.2. The van der Waals surface area contributed by atoms with Crippen molar-refractivity contribution >= 4 is 32.7 Å².